The Labute approximate surface area is 85.8 Å². The van der Waals surface area contributed by atoms with Crippen molar-refractivity contribution in [3.8, 4) is 0 Å². The quantitative estimate of drug-likeness (QED) is 0.610. The van der Waals surface area contributed by atoms with Crippen molar-refractivity contribution in [1.29, 1.82) is 0 Å². The Hall–Kier alpha value is -1.97. The molecule has 0 spiro atoms. The summed E-state index contributed by atoms with van der Waals surface area (Å²) in [7, 11) is 0. The lowest BCUT2D eigenvalue weighted by Crippen LogP contribution is -1.98. The van der Waals surface area contributed by atoms with Crippen molar-refractivity contribution in [2.75, 3.05) is 0 Å². The molecule has 0 heterocycles. The van der Waals surface area contributed by atoms with Crippen molar-refractivity contribution in [3.05, 3.63) is 47.3 Å². The Bertz CT molecular complexity index is 435. The summed E-state index contributed by atoms with van der Waals surface area (Å²) in [4.78, 5) is 21.4. The molecule has 0 atom stereocenters. The molecule has 0 aliphatic carbocycles. The van der Waals surface area contributed by atoms with Gasteiger partial charge in [-0.2, -0.15) is 0 Å². The molecule has 1 aromatic rings. The van der Waals surface area contributed by atoms with Crippen LogP contribution in [0.1, 0.15) is 15.9 Å². The zero-order chi connectivity index (χ0) is 11.4. The van der Waals surface area contributed by atoms with Gasteiger partial charge in [-0.3, -0.25) is 4.79 Å². The van der Waals surface area contributed by atoms with E-state index in [-0.39, 0.29) is 5.56 Å². The molecule has 1 rings (SSSR count). The minimum atomic E-state index is -1.21. The maximum absolute atomic E-state index is 13.0. The third kappa shape index (κ3) is 3.02. The fraction of sp³-hybridized carbons (Fsp3) is 0.0909. The Morgan fingerprint density at radius 1 is 1.33 bits per heavy atom. The van der Waals surface area contributed by atoms with Gasteiger partial charge in [0.05, 0.1) is 0 Å². The van der Waals surface area contributed by atoms with Crippen LogP contribution in [0.3, 0.4) is 0 Å². The molecular weight excluding hydrogens is 199 g/mol. The van der Waals surface area contributed by atoms with E-state index in [0.29, 0.717) is 5.56 Å². The first-order chi connectivity index (χ1) is 7.00. The Morgan fingerprint density at radius 3 is 2.53 bits per heavy atom. The molecule has 3 nitrogen and oxygen atoms in total. The van der Waals surface area contributed by atoms with Crippen LogP contribution in [-0.4, -0.2) is 16.9 Å². The van der Waals surface area contributed by atoms with E-state index in [4.69, 9.17) is 5.11 Å². The number of carboxylic acids is 1. The van der Waals surface area contributed by atoms with Gasteiger partial charge in [-0.15, -0.1) is 0 Å². The van der Waals surface area contributed by atoms with Crippen molar-refractivity contribution >= 4 is 11.8 Å². The Kier molecular flexibility index (Phi) is 3.33. The van der Waals surface area contributed by atoms with E-state index >= 15 is 0 Å². The minimum Gasteiger partial charge on any atom is -0.478 e. The first-order valence-electron chi connectivity index (χ1n) is 4.22. The highest BCUT2D eigenvalue weighted by Crippen LogP contribution is 2.10. The van der Waals surface area contributed by atoms with Gasteiger partial charge in [0.25, 0.3) is 0 Å². The summed E-state index contributed by atoms with van der Waals surface area (Å²) in [5.74, 6) is -2.23. The summed E-state index contributed by atoms with van der Waals surface area (Å²) in [5, 5.41) is 8.29. The van der Waals surface area contributed by atoms with Crippen LogP contribution in [0.5, 0.6) is 0 Å². The van der Waals surface area contributed by atoms with Crippen LogP contribution >= 0.6 is 0 Å². The normalized spacial score (nSPS) is 10.5. The molecule has 0 radical (unpaired) electrons. The molecular formula is C11H9FO3. The van der Waals surface area contributed by atoms with E-state index in [1.165, 1.54) is 12.1 Å². The van der Waals surface area contributed by atoms with Crippen molar-refractivity contribution in [2.24, 2.45) is 0 Å². The number of allylic oxidation sites excluding steroid dienone is 1. The molecule has 0 bridgehead atoms. The predicted molar refractivity (Wildman–Crippen MR) is 52.2 cm³/mol. The molecule has 15 heavy (non-hydrogen) atoms. The maximum Gasteiger partial charge on any atom is 0.328 e. The molecule has 0 saturated carbocycles. The maximum atomic E-state index is 13.0. The smallest absolute Gasteiger partial charge is 0.328 e. The third-order valence-electron chi connectivity index (χ3n) is 1.83. The fourth-order valence-electron chi connectivity index (χ4n) is 0.989. The van der Waals surface area contributed by atoms with Crippen LogP contribution in [0.2, 0.25) is 0 Å². The molecule has 4 heteroatoms. The molecule has 0 saturated heterocycles. The highest BCUT2D eigenvalue weighted by molar-refractivity contribution is 6.06. The van der Waals surface area contributed by atoms with Crippen molar-refractivity contribution in [1.82, 2.24) is 0 Å². The van der Waals surface area contributed by atoms with Gasteiger partial charge < -0.3 is 5.11 Å². The molecule has 0 amide bonds. The largest absolute Gasteiger partial charge is 0.478 e. The van der Waals surface area contributed by atoms with Crippen LogP contribution in [0.15, 0.2) is 30.4 Å². The number of hydrogen-bond donors (Lipinski definition) is 1. The lowest BCUT2D eigenvalue weighted by Gasteiger charge is -1.98. The Morgan fingerprint density at radius 2 is 2.00 bits per heavy atom. The molecule has 0 aliphatic rings. The molecule has 0 aliphatic heterocycles. The second kappa shape index (κ2) is 4.50. The highest BCUT2D eigenvalue weighted by atomic mass is 19.1. The summed E-state index contributed by atoms with van der Waals surface area (Å²) in [6.45, 7) is 1.58. The topological polar surface area (TPSA) is 54.4 Å². The summed E-state index contributed by atoms with van der Waals surface area (Å²) in [6.07, 6.45) is 1.62. The van der Waals surface area contributed by atoms with Crippen LogP contribution < -0.4 is 0 Å². The van der Waals surface area contributed by atoms with Gasteiger partial charge in [-0.25, -0.2) is 9.18 Å². The number of rotatable bonds is 3. The first kappa shape index (κ1) is 11.1. The number of ketones is 1. The summed E-state index contributed by atoms with van der Waals surface area (Å²) in [6, 6.07) is 4.01. The number of carbonyl (C=O) groups is 2. The third-order valence-corrected chi connectivity index (χ3v) is 1.83. The standard InChI is InChI=1S/C11H9FO3/c1-7-2-3-8(6-9(7)12)10(13)4-5-11(14)15/h2-6H,1H3,(H,14,15)/b5-4+. The fourth-order valence-corrected chi connectivity index (χ4v) is 0.989. The summed E-state index contributed by atoms with van der Waals surface area (Å²) in [5.41, 5.74) is 0.573. The van der Waals surface area contributed by atoms with Gasteiger partial charge in [0.15, 0.2) is 5.78 Å². The van der Waals surface area contributed by atoms with Crippen LogP contribution in [0, 0.1) is 12.7 Å². The molecule has 1 N–H and O–H groups in total. The van der Waals surface area contributed by atoms with Gasteiger partial charge in [0.1, 0.15) is 5.82 Å². The lowest BCUT2D eigenvalue weighted by molar-refractivity contribution is -0.131. The number of carboxylic acid groups (broad SMARTS) is 1. The van der Waals surface area contributed by atoms with E-state index in [1.807, 2.05) is 0 Å². The van der Waals surface area contributed by atoms with Gasteiger partial charge >= 0.3 is 5.97 Å². The monoisotopic (exact) mass is 208 g/mol. The van der Waals surface area contributed by atoms with Crippen LogP contribution in [0.25, 0.3) is 0 Å². The SMILES string of the molecule is Cc1ccc(C(=O)/C=C/C(=O)O)cc1F. The van der Waals surface area contributed by atoms with Gasteiger partial charge in [-0.05, 0) is 24.6 Å². The second-order valence-electron chi connectivity index (χ2n) is 3.00. The first-order valence-corrected chi connectivity index (χ1v) is 4.22. The molecule has 78 valence electrons. The van der Waals surface area contributed by atoms with E-state index in [9.17, 15) is 14.0 Å². The summed E-state index contributed by atoms with van der Waals surface area (Å²) >= 11 is 0. The minimum absolute atomic E-state index is 0.135. The molecule has 0 unspecified atom stereocenters. The lowest BCUT2D eigenvalue weighted by atomic mass is 10.1. The molecule has 1 aromatic carbocycles. The van der Waals surface area contributed by atoms with Crippen LogP contribution in [-0.2, 0) is 4.79 Å². The second-order valence-corrected chi connectivity index (χ2v) is 3.00. The van der Waals surface area contributed by atoms with Crippen molar-refractivity contribution < 1.29 is 19.1 Å². The number of aryl methyl sites for hydroxylation is 1. The molecule has 0 aromatic heterocycles. The number of aliphatic carboxylic acids is 1. The van der Waals surface area contributed by atoms with E-state index in [2.05, 4.69) is 0 Å². The van der Waals surface area contributed by atoms with Crippen molar-refractivity contribution in [2.45, 2.75) is 6.92 Å². The average molecular weight is 208 g/mol. The molecule has 0 fully saturated rings. The number of benzene rings is 1. The summed E-state index contributed by atoms with van der Waals surface area (Å²) < 4.78 is 13.0. The van der Waals surface area contributed by atoms with Crippen LogP contribution in [0.4, 0.5) is 4.39 Å². The zero-order valence-corrected chi connectivity index (χ0v) is 8.03. The van der Waals surface area contributed by atoms with Gasteiger partial charge in [-0.1, -0.05) is 12.1 Å². The van der Waals surface area contributed by atoms with E-state index in [1.54, 1.807) is 6.92 Å². The van der Waals surface area contributed by atoms with E-state index in [0.717, 1.165) is 18.2 Å². The average Bonchev–Trinajstić information content (AvgIpc) is 2.18. The van der Waals surface area contributed by atoms with Gasteiger partial charge in [0, 0.05) is 11.6 Å². The zero-order valence-electron chi connectivity index (χ0n) is 8.03. The number of carbonyl (C=O) groups excluding carboxylic acids is 1. The highest BCUT2D eigenvalue weighted by Gasteiger charge is 2.05. The van der Waals surface area contributed by atoms with Crippen molar-refractivity contribution in [3.63, 3.8) is 0 Å². The number of hydrogen-bond acceptors (Lipinski definition) is 2. The predicted octanol–water partition coefficient (Wildman–Crippen LogP) is 1.96. The number of halogens is 1. The Balaban J connectivity index is 2.92. The van der Waals surface area contributed by atoms with Gasteiger partial charge in [0.2, 0.25) is 0 Å². The van der Waals surface area contributed by atoms with E-state index < -0.39 is 17.6 Å².